The first kappa shape index (κ1) is 9.77. The molecule has 2 rings (SSSR count). The summed E-state index contributed by atoms with van der Waals surface area (Å²) in [5, 5.41) is 2.86. The lowest BCUT2D eigenvalue weighted by molar-refractivity contribution is 0.169. The summed E-state index contributed by atoms with van der Waals surface area (Å²) in [6, 6.07) is 0.107. The van der Waals surface area contributed by atoms with Crippen molar-refractivity contribution in [1.29, 1.82) is 0 Å². The Morgan fingerprint density at radius 1 is 1.57 bits per heavy atom. The molecule has 2 heterocycles. The van der Waals surface area contributed by atoms with Crippen molar-refractivity contribution in [2.45, 2.75) is 19.3 Å². The second-order valence-corrected chi connectivity index (χ2v) is 4.09. The van der Waals surface area contributed by atoms with Gasteiger partial charge in [-0.15, -0.1) is 0 Å². The van der Waals surface area contributed by atoms with Gasteiger partial charge in [-0.05, 0) is 25.2 Å². The molecular weight excluding hydrogens is 180 g/mol. The highest BCUT2D eigenvalue weighted by atomic mass is 16.5. The van der Waals surface area contributed by atoms with Crippen molar-refractivity contribution < 1.29 is 9.53 Å². The Kier molecular flexibility index (Phi) is 3.24. The van der Waals surface area contributed by atoms with Crippen LogP contribution in [0.3, 0.4) is 0 Å². The van der Waals surface area contributed by atoms with Crippen LogP contribution in [0.5, 0.6) is 0 Å². The summed E-state index contributed by atoms with van der Waals surface area (Å²) in [6.07, 6.45) is 3.33. The Bertz CT molecular complexity index is 202. The molecule has 1 atom stereocenters. The molecule has 0 aromatic heterocycles. The number of nitrogens with one attached hydrogen (secondary N) is 1. The predicted molar refractivity (Wildman–Crippen MR) is 53.1 cm³/mol. The van der Waals surface area contributed by atoms with Crippen molar-refractivity contribution in [3.8, 4) is 0 Å². The van der Waals surface area contributed by atoms with E-state index in [1.165, 1.54) is 0 Å². The van der Waals surface area contributed by atoms with E-state index in [0.29, 0.717) is 5.92 Å². The van der Waals surface area contributed by atoms with E-state index in [-0.39, 0.29) is 6.03 Å². The van der Waals surface area contributed by atoms with Crippen molar-refractivity contribution in [2.24, 2.45) is 5.92 Å². The molecule has 0 aromatic carbocycles. The van der Waals surface area contributed by atoms with E-state index in [4.69, 9.17) is 4.74 Å². The Balaban J connectivity index is 1.70. The van der Waals surface area contributed by atoms with Crippen LogP contribution in [0, 0.1) is 5.92 Å². The van der Waals surface area contributed by atoms with Crippen LogP contribution in [0.2, 0.25) is 0 Å². The van der Waals surface area contributed by atoms with Gasteiger partial charge in [-0.2, -0.15) is 0 Å². The van der Waals surface area contributed by atoms with Crippen LogP contribution in [0.25, 0.3) is 0 Å². The molecule has 0 spiro atoms. The summed E-state index contributed by atoms with van der Waals surface area (Å²) in [4.78, 5) is 13.3. The molecule has 1 N–H and O–H groups in total. The first-order valence-electron chi connectivity index (χ1n) is 5.47. The molecule has 2 amide bonds. The zero-order chi connectivity index (χ0) is 9.80. The molecule has 2 aliphatic rings. The highest BCUT2D eigenvalue weighted by Crippen LogP contribution is 2.17. The third-order valence-corrected chi connectivity index (χ3v) is 3.00. The molecule has 4 nitrogen and oxygen atoms in total. The smallest absolute Gasteiger partial charge is 0.317 e. The minimum atomic E-state index is 0.107. The number of amides is 2. The lowest BCUT2D eigenvalue weighted by Gasteiger charge is -2.28. The van der Waals surface area contributed by atoms with Gasteiger partial charge >= 0.3 is 6.03 Å². The fourth-order valence-corrected chi connectivity index (χ4v) is 2.04. The van der Waals surface area contributed by atoms with Crippen LogP contribution in [0.4, 0.5) is 4.79 Å². The molecule has 0 bridgehead atoms. The van der Waals surface area contributed by atoms with Gasteiger partial charge in [0.1, 0.15) is 0 Å². The maximum atomic E-state index is 11.4. The predicted octanol–water partition coefficient (Wildman–Crippen LogP) is 0.828. The Labute approximate surface area is 84.6 Å². The summed E-state index contributed by atoms with van der Waals surface area (Å²) in [5.41, 5.74) is 0. The van der Waals surface area contributed by atoms with E-state index in [1.807, 2.05) is 4.90 Å². The number of hydrogen-bond acceptors (Lipinski definition) is 2. The topological polar surface area (TPSA) is 41.6 Å². The standard InChI is InChI=1S/C10H18N2O2/c13-10-11-4-1-5-12(10)6-2-9-3-7-14-8-9/h9H,1-8H2,(H,11,13). The summed E-state index contributed by atoms with van der Waals surface area (Å²) in [6.45, 7) is 4.42. The van der Waals surface area contributed by atoms with Crippen LogP contribution in [-0.2, 0) is 4.74 Å². The molecule has 2 fully saturated rings. The molecule has 0 saturated carbocycles. The minimum Gasteiger partial charge on any atom is -0.381 e. The molecule has 2 aliphatic heterocycles. The third-order valence-electron chi connectivity index (χ3n) is 3.00. The molecular formula is C10H18N2O2. The van der Waals surface area contributed by atoms with Crippen LogP contribution in [0.15, 0.2) is 0 Å². The van der Waals surface area contributed by atoms with E-state index in [1.54, 1.807) is 0 Å². The molecule has 1 unspecified atom stereocenters. The van der Waals surface area contributed by atoms with Crippen LogP contribution in [0.1, 0.15) is 19.3 Å². The summed E-state index contributed by atoms with van der Waals surface area (Å²) in [5.74, 6) is 0.671. The van der Waals surface area contributed by atoms with E-state index >= 15 is 0 Å². The van der Waals surface area contributed by atoms with Crippen molar-refractivity contribution in [3.63, 3.8) is 0 Å². The van der Waals surface area contributed by atoms with Gasteiger partial charge in [0, 0.05) is 32.8 Å². The molecule has 0 aliphatic carbocycles. The molecule has 0 aromatic rings. The van der Waals surface area contributed by atoms with Crippen molar-refractivity contribution in [2.75, 3.05) is 32.8 Å². The molecule has 0 radical (unpaired) electrons. The first-order valence-corrected chi connectivity index (χ1v) is 5.47. The fraction of sp³-hybridized carbons (Fsp3) is 0.900. The number of hydrogen-bond donors (Lipinski definition) is 1. The quantitative estimate of drug-likeness (QED) is 0.729. The monoisotopic (exact) mass is 198 g/mol. The molecule has 14 heavy (non-hydrogen) atoms. The van der Waals surface area contributed by atoms with Gasteiger partial charge in [-0.3, -0.25) is 0 Å². The largest absolute Gasteiger partial charge is 0.381 e. The van der Waals surface area contributed by atoms with Gasteiger partial charge in [-0.25, -0.2) is 4.79 Å². The molecule has 2 saturated heterocycles. The highest BCUT2D eigenvalue weighted by Gasteiger charge is 2.20. The number of nitrogens with zero attached hydrogens (tertiary/aromatic N) is 1. The number of carbonyl (C=O) groups is 1. The Hall–Kier alpha value is -0.770. The zero-order valence-corrected chi connectivity index (χ0v) is 8.50. The van der Waals surface area contributed by atoms with E-state index in [0.717, 1.165) is 52.1 Å². The summed E-state index contributed by atoms with van der Waals surface area (Å²) < 4.78 is 5.30. The lowest BCUT2D eigenvalue weighted by Crippen LogP contribution is -2.46. The maximum Gasteiger partial charge on any atom is 0.317 e. The first-order chi connectivity index (χ1) is 6.86. The third kappa shape index (κ3) is 2.38. The van der Waals surface area contributed by atoms with Gasteiger partial charge in [0.25, 0.3) is 0 Å². The number of ether oxygens (including phenoxy) is 1. The second-order valence-electron chi connectivity index (χ2n) is 4.09. The van der Waals surface area contributed by atoms with Crippen molar-refractivity contribution in [1.82, 2.24) is 10.2 Å². The average molecular weight is 198 g/mol. The van der Waals surface area contributed by atoms with E-state index in [9.17, 15) is 4.79 Å². The van der Waals surface area contributed by atoms with Crippen molar-refractivity contribution >= 4 is 6.03 Å². The lowest BCUT2D eigenvalue weighted by atomic mass is 10.0. The fourth-order valence-electron chi connectivity index (χ4n) is 2.04. The Morgan fingerprint density at radius 3 is 3.21 bits per heavy atom. The van der Waals surface area contributed by atoms with Crippen LogP contribution >= 0.6 is 0 Å². The van der Waals surface area contributed by atoms with Gasteiger partial charge in [0.2, 0.25) is 0 Å². The molecule has 4 heteroatoms. The van der Waals surface area contributed by atoms with Gasteiger partial charge in [0.15, 0.2) is 0 Å². The van der Waals surface area contributed by atoms with Crippen LogP contribution in [-0.4, -0.2) is 43.8 Å². The summed E-state index contributed by atoms with van der Waals surface area (Å²) >= 11 is 0. The molecule has 80 valence electrons. The van der Waals surface area contributed by atoms with Crippen LogP contribution < -0.4 is 5.32 Å². The normalized spacial score (nSPS) is 27.9. The maximum absolute atomic E-state index is 11.4. The number of rotatable bonds is 3. The van der Waals surface area contributed by atoms with Gasteiger partial charge < -0.3 is 15.0 Å². The van der Waals surface area contributed by atoms with E-state index < -0.39 is 0 Å². The van der Waals surface area contributed by atoms with Gasteiger partial charge in [-0.1, -0.05) is 0 Å². The highest BCUT2D eigenvalue weighted by molar-refractivity contribution is 5.74. The van der Waals surface area contributed by atoms with Gasteiger partial charge in [0.05, 0.1) is 0 Å². The SMILES string of the molecule is O=C1NCCCN1CCC1CCOC1. The number of carbonyl (C=O) groups excluding carboxylic acids is 1. The van der Waals surface area contributed by atoms with E-state index in [2.05, 4.69) is 5.32 Å². The average Bonchev–Trinajstić information content (AvgIpc) is 2.69. The zero-order valence-electron chi connectivity index (χ0n) is 8.50. The minimum absolute atomic E-state index is 0.107. The Morgan fingerprint density at radius 2 is 2.50 bits per heavy atom. The second kappa shape index (κ2) is 4.64. The van der Waals surface area contributed by atoms with Crippen molar-refractivity contribution in [3.05, 3.63) is 0 Å². The number of urea groups is 1. The summed E-state index contributed by atoms with van der Waals surface area (Å²) in [7, 11) is 0.